The number of ketones is 4. The Morgan fingerprint density at radius 1 is 0.760 bits per heavy atom. The first-order valence-electron chi connectivity index (χ1n) is 8.30. The van der Waals surface area contributed by atoms with Crippen molar-refractivity contribution in [2.24, 2.45) is 0 Å². The van der Waals surface area contributed by atoms with Gasteiger partial charge in [0.25, 0.3) is 0 Å². The van der Waals surface area contributed by atoms with Crippen LogP contribution in [0.2, 0.25) is 0 Å². The van der Waals surface area contributed by atoms with E-state index in [1.54, 1.807) is 39.8 Å². The van der Waals surface area contributed by atoms with Crippen molar-refractivity contribution in [2.75, 3.05) is 0 Å². The van der Waals surface area contributed by atoms with Crippen LogP contribution in [-0.4, -0.2) is 28.1 Å². The number of allylic oxidation sites excluding steroid dienone is 4. The van der Waals surface area contributed by atoms with Crippen LogP contribution >= 0.6 is 0 Å². The molecular formula is C20H21NO4. The summed E-state index contributed by atoms with van der Waals surface area (Å²) in [6, 6.07) is 3.49. The quantitative estimate of drug-likeness (QED) is 0.897. The van der Waals surface area contributed by atoms with Gasteiger partial charge in [0.05, 0.1) is 10.8 Å². The molecule has 5 heteroatoms. The molecule has 0 saturated carbocycles. The molecule has 1 aromatic rings. The third-order valence-electron chi connectivity index (χ3n) is 5.40. The summed E-state index contributed by atoms with van der Waals surface area (Å²) in [5.74, 6) is -0.394. The van der Waals surface area contributed by atoms with Crippen LogP contribution < -0.4 is 0 Å². The number of H-pyrrole nitrogens is 1. The van der Waals surface area contributed by atoms with Crippen molar-refractivity contribution in [3.8, 4) is 0 Å². The van der Waals surface area contributed by atoms with Gasteiger partial charge < -0.3 is 4.98 Å². The maximum Gasteiger partial charge on any atom is 0.170 e. The van der Waals surface area contributed by atoms with Gasteiger partial charge in [-0.25, -0.2) is 0 Å². The van der Waals surface area contributed by atoms with Crippen molar-refractivity contribution in [1.82, 2.24) is 4.98 Å². The number of Topliss-reactive ketones (excluding diaryl/α,β-unsaturated/α-hetero) is 2. The molecule has 0 aliphatic heterocycles. The molecule has 2 unspecified atom stereocenters. The smallest absolute Gasteiger partial charge is 0.170 e. The molecule has 1 aromatic heterocycles. The molecule has 2 aliphatic carbocycles. The molecule has 1 N–H and O–H groups in total. The maximum absolute atomic E-state index is 12.7. The Morgan fingerprint density at radius 3 is 1.48 bits per heavy atom. The molecule has 0 spiro atoms. The first-order chi connectivity index (χ1) is 11.6. The Bertz CT molecular complexity index is 815. The van der Waals surface area contributed by atoms with Crippen molar-refractivity contribution >= 4 is 23.1 Å². The summed E-state index contributed by atoms with van der Waals surface area (Å²) in [7, 11) is 0. The summed E-state index contributed by atoms with van der Waals surface area (Å²) in [5, 5.41) is 0. The first-order valence-corrected chi connectivity index (χ1v) is 8.30. The van der Waals surface area contributed by atoms with E-state index in [-0.39, 0.29) is 36.0 Å². The van der Waals surface area contributed by atoms with Gasteiger partial charge in [-0.05, 0) is 63.1 Å². The number of nitrogens with one attached hydrogen (secondary N) is 1. The van der Waals surface area contributed by atoms with Crippen molar-refractivity contribution in [2.45, 2.75) is 51.4 Å². The van der Waals surface area contributed by atoms with E-state index in [1.165, 1.54) is 12.2 Å². The number of hydrogen-bond acceptors (Lipinski definition) is 4. The van der Waals surface area contributed by atoms with Gasteiger partial charge in [0, 0.05) is 24.2 Å². The molecule has 2 aliphatic rings. The average Bonchev–Trinajstić information content (AvgIpc) is 3.01. The van der Waals surface area contributed by atoms with E-state index in [0.29, 0.717) is 22.5 Å². The summed E-state index contributed by atoms with van der Waals surface area (Å²) in [6.07, 6.45) is 2.94. The number of hydrogen-bond donors (Lipinski definition) is 1. The van der Waals surface area contributed by atoms with Crippen molar-refractivity contribution in [3.63, 3.8) is 0 Å². The summed E-state index contributed by atoms with van der Waals surface area (Å²) < 4.78 is 0. The van der Waals surface area contributed by atoms with E-state index in [9.17, 15) is 19.2 Å². The van der Waals surface area contributed by atoms with Crippen LogP contribution in [0.3, 0.4) is 0 Å². The van der Waals surface area contributed by atoms with Crippen LogP contribution in [-0.2, 0) is 30.0 Å². The Balaban J connectivity index is 2.04. The molecule has 0 bridgehead atoms. The molecule has 5 nitrogen and oxygen atoms in total. The van der Waals surface area contributed by atoms with Crippen LogP contribution in [0.5, 0.6) is 0 Å². The zero-order chi connectivity index (χ0) is 18.6. The second kappa shape index (κ2) is 5.48. The summed E-state index contributed by atoms with van der Waals surface area (Å²) in [5.41, 5.74) is 0.116. The highest BCUT2D eigenvalue weighted by molar-refractivity contribution is 6.14. The standard InChI is InChI=1S/C20H21NO4/c1-11-7-13(22)9-19(3,17(11)24)15-5-6-16(21-15)20(4)10-14(23)8-12(2)18(20)25/h5-8,21H,9-10H2,1-4H3. The maximum atomic E-state index is 12.7. The van der Waals surface area contributed by atoms with Gasteiger partial charge in [-0.15, -0.1) is 0 Å². The van der Waals surface area contributed by atoms with Crippen LogP contribution in [0.1, 0.15) is 51.9 Å². The number of rotatable bonds is 2. The second-order valence-electron chi connectivity index (χ2n) is 7.55. The van der Waals surface area contributed by atoms with E-state index in [4.69, 9.17) is 0 Å². The fraction of sp³-hybridized carbons (Fsp3) is 0.400. The minimum absolute atomic E-state index is 0.0889. The monoisotopic (exact) mass is 339 g/mol. The summed E-state index contributed by atoms with van der Waals surface area (Å²) >= 11 is 0. The van der Waals surface area contributed by atoms with Crippen LogP contribution in [0.25, 0.3) is 0 Å². The lowest BCUT2D eigenvalue weighted by Gasteiger charge is -2.32. The minimum Gasteiger partial charge on any atom is -0.361 e. The van der Waals surface area contributed by atoms with Gasteiger partial charge in [-0.2, -0.15) is 0 Å². The Hall–Kier alpha value is -2.56. The van der Waals surface area contributed by atoms with Crippen LogP contribution in [0, 0.1) is 0 Å². The summed E-state index contributed by atoms with van der Waals surface area (Å²) in [4.78, 5) is 52.4. The third kappa shape index (κ3) is 2.54. The van der Waals surface area contributed by atoms with Gasteiger partial charge in [0.1, 0.15) is 0 Å². The lowest BCUT2D eigenvalue weighted by molar-refractivity contribution is -0.127. The lowest BCUT2D eigenvalue weighted by Crippen LogP contribution is -2.41. The average molecular weight is 339 g/mol. The molecule has 3 rings (SSSR count). The Morgan fingerprint density at radius 2 is 1.12 bits per heavy atom. The zero-order valence-corrected chi connectivity index (χ0v) is 14.9. The molecule has 130 valence electrons. The van der Waals surface area contributed by atoms with Gasteiger partial charge in [0.2, 0.25) is 0 Å². The van der Waals surface area contributed by atoms with E-state index >= 15 is 0 Å². The van der Waals surface area contributed by atoms with Crippen LogP contribution in [0.15, 0.2) is 35.4 Å². The van der Waals surface area contributed by atoms with Gasteiger partial charge >= 0.3 is 0 Å². The third-order valence-corrected chi connectivity index (χ3v) is 5.40. The molecule has 0 radical (unpaired) electrons. The molecule has 25 heavy (non-hydrogen) atoms. The predicted molar refractivity (Wildman–Crippen MR) is 92.3 cm³/mol. The molecule has 0 aromatic carbocycles. The Labute approximate surface area is 146 Å². The van der Waals surface area contributed by atoms with Gasteiger partial charge in [0.15, 0.2) is 23.1 Å². The first kappa shape index (κ1) is 17.3. The molecule has 0 fully saturated rings. The lowest BCUT2D eigenvalue weighted by atomic mass is 9.72. The van der Waals surface area contributed by atoms with Crippen molar-refractivity contribution in [1.29, 1.82) is 0 Å². The second-order valence-corrected chi connectivity index (χ2v) is 7.55. The van der Waals surface area contributed by atoms with E-state index < -0.39 is 10.8 Å². The topological polar surface area (TPSA) is 84.1 Å². The molecule has 2 atom stereocenters. The molecular weight excluding hydrogens is 318 g/mol. The van der Waals surface area contributed by atoms with E-state index in [2.05, 4.69) is 4.98 Å². The highest BCUT2D eigenvalue weighted by Gasteiger charge is 2.45. The SMILES string of the molecule is CC1=CC(=O)CC(C)(c2ccc(C3(C)CC(=O)C=C(C)C3=O)[nH]2)C1=O. The largest absolute Gasteiger partial charge is 0.361 e. The predicted octanol–water partition coefficient (Wildman–Crippen LogP) is 2.51. The fourth-order valence-electron chi connectivity index (χ4n) is 3.92. The molecule has 0 amide bonds. The van der Waals surface area contributed by atoms with Crippen LogP contribution in [0.4, 0.5) is 0 Å². The minimum atomic E-state index is -0.975. The number of aromatic amines is 1. The van der Waals surface area contributed by atoms with Crippen molar-refractivity contribution < 1.29 is 19.2 Å². The Kier molecular flexibility index (Phi) is 3.78. The fourth-order valence-corrected chi connectivity index (χ4v) is 3.92. The van der Waals surface area contributed by atoms with Crippen molar-refractivity contribution in [3.05, 3.63) is 46.8 Å². The van der Waals surface area contributed by atoms with E-state index in [1.807, 2.05) is 0 Å². The normalized spacial score (nSPS) is 30.4. The highest BCUT2D eigenvalue weighted by Crippen LogP contribution is 2.39. The van der Waals surface area contributed by atoms with Gasteiger partial charge in [-0.3, -0.25) is 19.2 Å². The van der Waals surface area contributed by atoms with Gasteiger partial charge in [-0.1, -0.05) is 0 Å². The summed E-state index contributed by atoms with van der Waals surface area (Å²) in [6.45, 7) is 6.75. The number of carbonyl (C=O) groups is 4. The zero-order valence-electron chi connectivity index (χ0n) is 14.9. The molecule has 1 heterocycles. The number of carbonyl (C=O) groups excluding carboxylic acids is 4. The molecule has 0 saturated heterocycles. The van der Waals surface area contributed by atoms with E-state index in [0.717, 1.165) is 0 Å². The highest BCUT2D eigenvalue weighted by atomic mass is 16.1. The number of aromatic nitrogens is 1.